The fourth-order valence-electron chi connectivity index (χ4n) is 2.11. The predicted molar refractivity (Wildman–Crippen MR) is 99.7 cm³/mol. The molecule has 0 aliphatic carbocycles. The molecule has 5 nitrogen and oxygen atoms in total. The van der Waals surface area contributed by atoms with Crippen LogP contribution in [0.2, 0.25) is 15.1 Å². The molecule has 3 aromatic rings. The molecule has 0 atom stereocenters. The van der Waals surface area contributed by atoms with Crippen molar-refractivity contribution in [3.8, 4) is 11.4 Å². The lowest BCUT2D eigenvalue weighted by Gasteiger charge is -2.08. The van der Waals surface area contributed by atoms with Crippen LogP contribution in [0, 0.1) is 0 Å². The van der Waals surface area contributed by atoms with Gasteiger partial charge in [-0.1, -0.05) is 65.1 Å². The second kappa shape index (κ2) is 7.27. The Morgan fingerprint density at radius 1 is 1.00 bits per heavy atom. The lowest BCUT2D eigenvalue weighted by molar-refractivity contribution is 0.102. The van der Waals surface area contributed by atoms with Crippen molar-refractivity contribution < 1.29 is 4.79 Å². The standard InChI is InChI=1S/C17H10Cl3N3O2/c18-11-6-13(20)14(7-12(11)19)22-16(24)10-8-21-15(23-17(10)25)9-4-2-1-3-5-9/h1-8H,(H,22,24)(H,21,23,25). The fourth-order valence-corrected chi connectivity index (χ4v) is 2.70. The quantitative estimate of drug-likeness (QED) is 0.635. The summed E-state index contributed by atoms with van der Waals surface area (Å²) in [5.74, 6) is -0.289. The van der Waals surface area contributed by atoms with Gasteiger partial charge in [-0.05, 0) is 12.1 Å². The van der Waals surface area contributed by atoms with E-state index in [0.717, 1.165) is 5.56 Å². The Bertz CT molecular complexity index is 1000. The maximum absolute atomic E-state index is 12.3. The van der Waals surface area contributed by atoms with Crippen LogP contribution in [0.25, 0.3) is 11.4 Å². The molecule has 0 radical (unpaired) electrons. The van der Waals surface area contributed by atoms with Crippen molar-refractivity contribution in [2.75, 3.05) is 5.32 Å². The van der Waals surface area contributed by atoms with Crippen LogP contribution < -0.4 is 10.9 Å². The minimum Gasteiger partial charge on any atom is -0.320 e. The first kappa shape index (κ1) is 17.5. The largest absolute Gasteiger partial charge is 0.320 e. The number of halogens is 3. The molecule has 2 N–H and O–H groups in total. The van der Waals surface area contributed by atoms with Crippen molar-refractivity contribution in [3.63, 3.8) is 0 Å². The van der Waals surface area contributed by atoms with Crippen LogP contribution in [-0.4, -0.2) is 15.9 Å². The van der Waals surface area contributed by atoms with Crippen molar-refractivity contribution in [2.24, 2.45) is 0 Å². The number of carbonyl (C=O) groups excluding carboxylic acids is 1. The zero-order chi connectivity index (χ0) is 18.0. The van der Waals surface area contributed by atoms with Crippen molar-refractivity contribution in [1.29, 1.82) is 0 Å². The minimum absolute atomic E-state index is 0.151. The molecule has 1 heterocycles. The highest BCUT2D eigenvalue weighted by atomic mass is 35.5. The number of hydrogen-bond donors (Lipinski definition) is 2. The third-order valence-corrected chi connectivity index (χ3v) is 4.38. The van der Waals surface area contributed by atoms with Crippen LogP contribution in [-0.2, 0) is 0 Å². The van der Waals surface area contributed by atoms with E-state index < -0.39 is 11.5 Å². The van der Waals surface area contributed by atoms with E-state index in [2.05, 4.69) is 15.3 Å². The molecule has 1 aromatic heterocycles. The second-order valence-electron chi connectivity index (χ2n) is 5.04. The monoisotopic (exact) mass is 393 g/mol. The number of nitrogens with one attached hydrogen (secondary N) is 2. The molecule has 25 heavy (non-hydrogen) atoms. The molecule has 0 unspecified atom stereocenters. The maximum atomic E-state index is 12.3. The van der Waals surface area contributed by atoms with Gasteiger partial charge in [-0.25, -0.2) is 4.98 Å². The zero-order valence-electron chi connectivity index (χ0n) is 12.5. The Hall–Kier alpha value is -2.34. The van der Waals surface area contributed by atoms with E-state index in [9.17, 15) is 9.59 Å². The molecule has 0 aliphatic rings. The molecule has 3 rings (SSSR count). The average Bonchev–Trinajstić information content (AvgIpc) is 2.60. The van der Waals surface area contributed by atoms with E-state index in [1.807, 2.05) is 18.2 Å². The van der Waals surface area contributed by atoms with Crippen LogP contribution in [0.15, 0.2) is 53.5 Å². The number of aromatic nitrogens is 2. The van der Waals surface area contributed by atoms with Crippen LogP contribution in [0.4, 0.5) is 5.69 Å². The highest BCUT2D eigenvalue weighted by Gasteiger charge is 2.15. The number of benzene rings is 2. The normalized spacial score (nSPS) is 10.5. The SMILES string of the molecule is O=C(Nc1cc(Cl)c(Cl)cc1Cl)c1cnc(-c2ccccc2)[nH]c1=O. The number of H-pyrrole nitrogens is 1. The summed E-state index contributed by atoms with van der Waals surface area (Å²) in [5, 5.41) is 3.21. The summed E-state index contributed by atoms with van der Waals surface area (Å²) < 4.78 is 0. The molecule has 126 valence electrons. The smallest absolute Gasteiger partial charge is 0.264 e. The molecule has 0 bridgehead atoms. The molecule has 0 saturated heterocycles. The zero-order valence-corrected chi connectivity index (χ0v) is 14.8. The molecule has 1 amide bonds. The van der Waals surface area contributed by atoms with E-state index in [0.29, 0.717) is 5.82 Å². The van der Waals surface area contributed by atoms with Crippen molar-refractivity contribution in [3.05, 3.63) is 79.6 Å². The molecule has 0 fully saturated rings. The van der Waals surface area contributed by atoms with Gasteiger partial charge in [0.2, 0.25) is 0 Å². The first-order valence-corrected chi connectivity index (χ1v) is 8.19. The number of amides is 1. The fraction of sp³-hybridized carbons (Fsp3) is 0. The summed E-state index contributed by atoms with van der Waals surface area (Å²) in [6.45, 7) is 0. The highest BCUT2D eigenvalue weighted by molar-refractivity contribution is 6.44. The average molecular weight is 395 g/mol. The molecular formula is C17H10Cl3N3O2. The van der Waals surface area contributed by atoms with Crippen LogP contribution in [0.5, 0.6) is 0 Å². The van der Waals surface area contributed by atoms with Gasteiger partial charge in [0.1, 0.15) is 11.4 Å². The number of anilines is 1. The Balaban J connectivity index is 1.88. The van der Waals surface area contributed by atoms with E-state index in [-0.39, 0.29) is 26.3 Å². The van der Waals surface area contributed by atoms with E-state index in [1.165, 1.54) is 18.3 Å². The number of hydrogen-bond acceptors (Lipinski definition) is 3. The highest BCUT2D eigenvalue weighted by Crippen LogP contribution is 2.32. The summed E-state index contributed by atoms with van der Waals surface area (Å²) >= 11 is 17.8. The van der Waals surface area contributed by atoms with Gasteiger partial charge in [-0.3, -0.25) is 9.59 Å². The summed E-state index contributed by atoms with van der Waals surface area (Å²) in [5.41, 5.74) is 0.260. The maximum Gasteiger partial charge on any atom is 0.264 e. The van der Waals surface area contributed by atoms with E-state index in [1.54, 1.807) is 12.1 Å². The van der Waals surface area contributed by atoms with Crippen LogP contribution in [0.3, 0.4) is 0 Å². The van der Waals surface area contributed by atoms with Crippen molar-refractivity contribution in [1.82, 2.24) is 9.97 Å². The molecular weight excluding hydrogens is 385 g/mol. The van der Waals surface area contributed by atoms with Gasteiger partial charge >= 0.3 is 0 Å². The molecule has 0 aliphatic heterocycles. The Morgan fingerprint density at radius 2 is 1.68 bits per heavy atom. The third kappa shape index (κ3) is 3.85. The Morgan fingerprint density at radius 3 is 2.36 bits per heavy atom. The molecule has 8 heteroatoms. The van der Waals surface area contributed by atoms with Gasteiger partial charge in [-0.2, -0.15) is 0 Å². The molecule has 0 spiro atoms. The van der Waals surface area contributed by atoms with Gasteiger partial charge in [0.25, 0.3) is 11.5 Å². The number of aromatic amines is 1. The lowest BCUT2D eigenvalue weighted by atomic mass is 10.2. The number of rotatable bonds is 3. The van der Waals surface area contributed by atoms with Crippen molar-refractivity contribution in [2.45, 2.75) is 0 Å². The molecule has 2 aromatic carbocycles. The first-order valence-electron chi connectivity index (χ1n) is 7.06. The second-order valence-corrected chi connectivity index (χ2v) is 6.26. The summed E-state index contributed by atoms with van der Waals surface area (Å²) in [6, 6.07) is 11.9. The number of nitrogens with zero attached hydrogens (tertiary/aromatic N) is 1. The van der Waals surface area contributed by atoms with Gasteiger partial charge in [0.05, 0.1) is 20.8 Å². The van der Waals surface area contributed by atoms with Crippen LogP contribution >= 0.6 is 34.8 Å². The van der Waals surface area contributed by atoms with Gasteiger partial charge in [0, 0.05) is 11.8 Å². The Kier molecular flexibility index (Phi) is 5.08. The van der Waals surface area contributed by atoms with Gasteiger partial charge < -0.3 is 10.3 Å². The summed E-state index contributed by atoms with van der Waals surface area (Å²) in [6.07, 6.45) is 1.21. The predicted octanol–water partition coefficient (Wildman–Crippen LogP) is 4.65. The third-order valence-electron chi connectivity index (χ3n) is 3.35. The first-order chi connectivity index (χ1) is 12.0. The lowest BCUT2D eigenvalue weighted by Crippen LogP contribution is -2.24. The molecule has 0 saturated carbocycles. The topological polar surface area (TPSA) is 74.8 Å². The minimum atomic E-state index is -0.659. The summed E-state index contributed by atoms with van der Waals surface area (Å²) in [7, 11) is 0. The van der Waals surface area contributed by atoms with E-state index >= 15 is 0 Å². The van der Waals surface area contributed by atoms with E-state index in [4.69, 9.17) is 34.8 Å². The van der Waals surface area contributed by atoms with Gasteiger partial charge in [-0.15, -0.1) is 0 Å². The Labute approximate surface area is 157 Å². The number of carbonyl (C=O) groups is 1. The summed E-state index contributed by atoms with van der Waals surface area (Å²) in [4.78, 5) is 31.3. The van der Waals surface area contributed by atoms with Crippen LogP contribution in [0.1, 0.15) is 10.4 Å². The van der Waals surface area contributed by atoms with Crippen molar-refractivity contribution >= 4 is 46.4 Å². The van der Waals surface area contributed by atoms with Gasteiger partial charge in [0.15, 0.2) is 0 Å².